The van der Waals surface area contributed by atoms with Crippen molar-refractivity contribution in [1.82, 2.24) is 5.32 Å². The lowest BCUT2D eigenvalue weighted by Gasteiger charge is -2.06. The van der Waals surface area contributed by atoms with Gasteiger partial charge >= 0.3 is 0 Å². The van der Waals surface area contributed by atoms with Gasteiger partial charge in [0.05, 0.1) is 4.91 Å². The third-order valence-corrected chi connectivity index (χ3v) is 4.43. The van der Waals surface area contributed by atoms with Crippen molar-refractivity contribution in [3.8, 4) is 5.75 Å². The minimum Gasteiger partial charge on any atom is -0.507 e. The van der Waals surface area contributed by atoms with Crippen LogP contribution in [0.2, 0.25) is 0 Å². The minimum absolute atomic E-state index is 0.149. The molecule has 0 spiro atoms. The highest BCUT2D eigenvalue weighted by Crippen LogP contribution is 2.29. The van der Waals surface area contributed by atoms with Crippen molar-refractivity contribution in [2.24, 2.45) is 0 Å². The predicted octanol–water partition coefficient (Wildman–Crippen LogP) is 3.47. The second-order valence-corrected chi connectivity index (χ2v) is 6.63. The maximum Gasteiger partial charge on any atom is 0.263 e. The number of phenols is 1. The molecule has 3 rings (SSSR count). The number of thiocarbonyl (C=S) groups is 1. The van der Waals surface area contributed by atoms with Gasteiger partial charge in [-0.15, -0.1) is 0 Å². The zero-order valence-electron chi connectivity index (χ0n) is 11.6. The molecule has 0 unspecified atom stereocenters. The number of amides is 1. The Balaban J connectivity index is 1.89. The SMILES string of the molecule is O=C1NC(=S)S/C1=C/c1cc(Cc2ccccc2)ccc1O. The third kappa shape index (κ3) is 3.37. The van der Waals surface area contributed by atoms with Crippen molar-refractivity contribution in [2.75, 3.05) is 0 Å². The number of hydrogen-bond acceptors (Lipinski definition) is 4. The van der Waals surface area contributed by atoms with Gasteiger partial charge in [-0.2, -0.15) is 0 Å². The number of nitrogens with one attached hydrogen (secondary N) is 1. The lowest BCUT2D eigenvalue weighted by Crippen LogP contribution is -2.17. The van der Waals surface area contributed by atoms with Gasteiger partial charge in [0.2, 0.25) is 0 Å². The van der Waals surface area contributed by atoms with Gasteiger partial charge in [0, 0.05) is 5.56 Å². The van der Waals surface area contributed by atoms with E-state index in [4.69, 9.17) is 12.2 Å². The van der Waals surface area contributed by atoms with Crippen molar-refractivity contribution < 1.29 is 9.90 Å². The first-order chi connectivity index (χ1) is 10.6. The summed E-state index contributed by atoms with van der Waals surface area (Å²) in [6, 6.07) is 15.5. The number of thioether (sulfide) groups is 1. The van der Waals surface area contributed by atoms with Crippen molar-refractivity contribution in [2.45, 2.75) is 6.42 Å². The lowest BCUT2D eigenvalue weighted by atomic mass is 10.0. The summed E-state index contributed by atoms with van der Waals surface area (Å²) in [6.45, 7) is 0. The van der Waals surface area contributed by atoms with Crippen LogP contribution in [0.5, 0.6) is 5.75 Å². The fraction of sp³-hybridized carbons (Fsp3) is 0.0588. The summed E-state index contributed by atoms with van der Waals surface area (Å²) >= 11 is 6.17. The molecule has 0 radical (unpaired) electrons. The van der Waals surface area contributed by atoms with Crippen LogP contribution < -0.4 is 5.32 Å². The first kappa shape index (κ1) is 14.8. The third-order valence-electron chi connectivity index (χ3n) is 3.27. The molecule has 2 N–H and O–H groups in total. The molecule has 0 aromatic heterocycles. The molecule has 1 aliphatic rings. The number of benzene rings is 2. The van der Waals surface area contributed by atoms with Crippen molar-refractivity contribution in [3.05, 3.63) is 70.1 Å². The molecule has 1 amide bonds. The van der Waals surface area contributed by atoms with Crippen LogP contribution in [-0.4, -0.2) is 15.3 Å². The fourth-order valence-electron chi connectivity index (χ4n) is 2.22. The van der Waals surface area contributed by atoms with E-state index in [0.717, 1.165) is 12.0 Å². The Kier molecular flexibility index (Phi) is 4.27. The van der Waals surface area contributed by atoms with E-state index in [9.17, 15) is 9.90 Å². The van der Waals surface area contributed by atoms with Crippen LogP contribution >= 0.6 is 24.0 Å². The van der Waals surface area contributed by atoms with E-state index in [1.165, 1.54) is 17.3 Å². The second-order valence-electron chi connectivity index (χ2n) is 4.91. The lowest BCUT2D eigenvalue weighted by molar-refractivity contribution is -0.115. The number of hydrogen-bond donors (Lipinski definition) is 2. The van der Waals surface area contributed by atoms with Gasteiger partial charge in [0.25, 0.3) is 5.91 Å². The zero-order valence-corrected chi connectivity index (χ0v) is 13.2. The van der Waals surface area contributed by atoms with Crippen LogP contribution in [0.3, 0.4) is 0 Å². The van der Waals surface area contributed by atoms with E-state index in [0.29, 0.717) is 14.8 Å². The first-order valence-electron chi connectivity index (χ1n) is 6.72. The van der Waals surface area contributed by atoms with Gasteiger partial charge in [-0.05, 0) is 35.8 Å². The van der Waals surface area contributed by atoms with Crippen LogP contribution in [0.4, 0.5) is 0 Å². The number of aromatic hydroxyl groups is 1. The highest BCUT2D eigenvalue weighted by Gasteiger charge is 2.22. The largest absolute Gasteiger partial charge is 0.507 e. The Labute approximate surface area is 138 Å². The molecule has 5 heteroatoms. The van der Waals surface area contributed by atoms with Crippen LogP contribution in [0.25, 0.3) is 6.08 Å². The van der Waals surface area contributed by atoms with Crippen LogP contribution in [0, 0.1) is 0 Å². The Morgan fingerprint density at radius 1 is 1.14 bits per heavy atom. The smallest absolute Gasteiger partial charge is 0.263 e. The molecular formula is C17H13NO2S2. The van der Waals surface area contributed by atoms with E-state index in [-0.39, 0.29) is 11.7 Å². The normalized spacial score (nSPS) is 16.1. The van der Waals surface area contributed by atoms with E-state index >= 15 is 0 Å². The maximum atomic E-state index is 11.7. The van der Waals surface area contributed by atoms with E-state index in [2.05, 4.69) is 17.4 Å². The van der Waals surface area contributed by atoms with E-state index in [1.54, 1.807) is 12.1 Å². The molecule has 1 aliphatic heterocycles. The zero-order chi connectivity index (χ0) is 15.5. The number of rotatable bonds is 3. The monoisotopic (exact) mass is 327 g/mol. The Hall–Kier alpha value is -2.11. The summed E-state index contributed by atoms with van der Waals surface area (Å²) < 4.78 is 0.441. The Morgan fingerprint density at radius 2 is 1.91 bits per heavy atom. The first-order valence-corrected chi connectivity index (χ1v) is 7.95. The van der Waals surface area contributed by atoms with Crippen LogP contribution in [0.15, 0.2) is 53.4 Å². The molecule has 0 aliphatic carbocycles. The predicted molar refractivity (Wildman–Crippen MR) is 93.7 cm³/mol. The molecule has 110 valence electrons. The molecule has 0 atom stereocenters. The Morgan fingerprint density at radius 3 is 2.59 bits per heavy atom. The van der Waals surface area contributed by atoms with Crippen LogP contribution in [0.1, 0.15) is 16.7 Å². The van der Waals surface area contributed by atoms with Crippen molar-refractivity contribution in [1.29, 1.82) is 0 Å². The summed E-state index contributed by atoms with van der Waals surface area (Å²) in [7, 11) is 0. The average Bonchev–Trinajstić information content (AvgIpc) is 2.81. The number of phenolic OH excluding ortho intramolecular Hbond substituents is 1. The molecule has 0 bridgehead atoms. The topological polar surface area (TPSA) is 49.3 Å². The molecule has 1 heterocycles. The Bertz CT molecular complexity index is 769. The van der Waals surface area contributed by atoms with Gasteiger partial charge in [0.1, 0.15) is 10.1 Å². The summed E-state index contributed by atoms with van der Waals surface area (Å²) in [6.07, 6.45) is 2.44. The molecule has 22 heavy (non-hydrogen) atoms. The fourth-order valence-corrected chi connectivity index (χ4v) is 3.26. The summed E-state index contributed by atoms with van der Waals surface area (Å²) in [4.78, 5) is 12.2. The highest BCUT2D eigenvalue weighted by molar-refractivity contribution is 8.26. The molecule has 0 saturated carbocycles. The molecule has 2 aromatic carbocycles. The molecule has 2 aromatic rings. The standard InChI is InChI=1S/C17H13NO2S2/c19-14-7-6-12(8-11-4-2-1-3-5-11)9-13(14)10-15-16(20)18-17(21)22-15/h1-7,9-10,19H,8H2,(H,18,20,21)/b15-10+. The molecular weight excluding hydrogens is 314 g/mol. The van der Waals surface area contributed by atoms with Crippen LogP contribution in [-0.2, 0) is 11.2 Å². The van der Waals surface area contributed by atoms with Crippen molar-refractivity contribution in [3.63, 3.8) is 0 Å². The molecule has 3 nitrogen and oxygen atoms in total. The highest BCUT2D eigenvalue weighted by atomic mass is 32.2. The quantitative estimate of drug-likeness (QED) is 0.669. The summed E-state index contributed by atoms with van der Waals surface area (Å²) in [5, 5.41) is 12.6. The van der Waals surface area contributed by atoms with E-state index < -0.39 is 0 Å². The van der Waals surface area contributed by atoms with Gasteiger partial charge in [-0.25, -0.2) is 0 Å². The average molecular weight is 327 g/mol. The van der Waals surface area contributed by atoms with Crippen molar-refractivity contribution >= 4 is 40.3 Å². The second kappa shape index (κ2) is 6.34. The molecule has 1 fully saturated rings. The summed E-state index contributed by atoms with van der Waals surface area (Å²) in [5.41, 5.74) is 2.89. The maximum absolute atomic E-state index is 11.7. The van der Waals surface area contributed by atoms with Gasteiger partial charge in [-0.1, -0.05) is 60.4 Å². The van der Waals surface area contributed by atoms with E-state index in [1.807, 2.05) is 30.3 Å². The minimum atomic E-state index is -0.220. The summed E-state index contributed by atoms with van der Waals surface area (Å²) in [5.74, 6) is -0.0709. The number of carbonyl (C=O) groups is 1. The van der Waals surface area contributed by atoms with Gasteiger partial charge < -0.3 is 10.4 Å². The van der Waals surface area contributed by atoms with Gasteiger partial charge in [0.15, 0.2) is 0 Å². The molecule has 1 saturated heterocycles. The number of carbonyl (C=O) groups excluding carboxylic acids is 1. The van der Waals surface area contributed by atoms with Gasteiger partial charge in [-0.3, -0.25) is 4.79 Å².